The van der Waals surface area contributed by atoms with E-state index in [0.717, 1.165) is 21.8 Å². The van der Waals surface area contributed by atoms with Crippen LogP contribution in [0.4, 0.5) is 5.82 Å². The summed E-state index contributed by atoms with van der Waals surface area (Å²) in [4.78, 5) is 25.9. The van der Waals surface area contributed by atoms with Crippen molar-refractivity contribution in [1.82, 2.24) is 24.1 Å². The maximum Gasteiger partial charge on any atom is 0.256 e. The first-order valence-corrected chi connectivity index (χ1v) is 12.2. The van der Waals surface area contributed by atoms with Crippen molar-refractivity contribution in [3.05, 3.63) is 97.1 Å². The number of nitrogens with one attached hydrogen (secondary N) is 1. The van der Waals surface area contributed by atoms with Crippen LogP contribution in [0.5, 0.6) is 0 Å². The highest BCUT2D eigenvalue weighted by Gasteiger charge is 2.21. The second-order valence-electron chi connectivity index (χ2n) is 8.18. The Bertz CT molecular complexity index is 1710. The molecule has 0 saturated heterocycles. The predicted octanol–water partition coefficient (Wildman–Crippen LogP) is 5.60. The number of amides is 1. The molecule has 1 N–H and O–H groups in total. The van der Waals surface area contributed by atoms with Crippen LogP contribution in [0.25, 0.3) is 33.0 Å². The van der Waals surface area contributed by atoms with Crippen molar-refractivity contribution in [2.24, 2.45) is 0 Å². The quantitative estimate of drug-likeness (QED) is 0.306. The molecule has 6 rings (SSSR count). The van der Waals surface area contributed by atoms with Gasteiger partial charge in [-0.3, -0.25) is 4.79 Å². The molecule has 8 nitrogen and oxygen atoms in total. The number of thioether (sulfide) groups is 1. The number of imidazole rings is 1. The molecule has 0 saturated carbocycles. The number of benzene rings is 3. The standard InChI is InChI=1S/C27H19N7OS/c28-15-36-23(34-21-12-6-4-10-19(21)20-11-5-7-13-22(20)34)14-33-17-31-24-25(29-16-30-26(24)33)32-27(35)18-8-2-1-3-9-18/h1-13,16-17,23H,14H2,(H,29,30,32,35). The molecule has 0 fully saturated rings. The topological polar surface area (TPSA) is 101 Å². The molecular formula is C27H19N7OS. The van der Waals surface area contributed by atoms with Crippen LogP contribution in [-0.4, -0.2) is 30.0 Å². The zero-order chi connectivity index (χ0) is 24.5. The van der Waals surface area contributed by atoms with Gasteiger partial charge in [-0.15, -0.1) is 0 Å². The lowest BCUT2D eigenvalue weighted by molar-refractivity contribution is 0.102. The number of hydrogen-bond donors (Lipinski definition) is 1. The molecule has 0 aliphatic carbocycles. The number of aromatic nitrogens is 5. The summed E-state index contributed by atoms with van der Waals surface area (Å²) in [6.45, 7) is 0.445. The summed E-state index contributed by atoms with van der Waals surface area (Å²) in [6.07, 6.45) is 3.09. The van der Waals surface area contributed by atoms with E-state index in [1.165, 1.54) is 18.1 Å². The minimum absolute atomic E-state index is 0.241. The molecule has 6 aromatic rings. The number of rotatable bonds is 6. The van der Waals surface area contributed by atoms with Gasteiger partial charge in [0.1, 0.15) is 17.1 Å². The molecule has 36 heavy (non-hydrogen) atoms. The zero-order valence-corrected chi connectivity index (χ0v) is 19.8. The van der Waals surface area contributed by atoms with Gasteiger partial charge in [0.25, 0.3) is 5.91 Å². The van der Waals surface area contributed by atoms with Crippen molar-refractivity contribution in [2.45, 2.75) is 11.9 Å². The summed E-state index contributed by atoms with van der Waals surface area (Å²) >= 11 is 1.19. The summed E-state index contributed by atoms with van der Waals surface area (Å²) in [5.74, 6) is 0.0716. The van der Waals surface area contributed by atoms with Gasteiger partial charge in [0.2, 0.25) is 0 Å². The van der Waals surface area contributed by atoms with Crippen LogP contribution in [0.1, 0.15) is 15.7 Å². The number of para-hydroxylation sites is 2. The SMILES string of the molecule is N#CSC(Cn1cnc2c(NC(=O)c3ccccc3)ncnc21)n1c2ccccc2c2ccccc21. The number of thiocyanates is 1. The van der Waals surface area contributed by atoms with E-state index >= 15 is 0 Å². The van der Waals surface area contributed by atoms with Crippen molar-refractivity contribution in [3.63, 3.8) is 0 Å². The summed E-state index contributed by atoms with van der Waals surface area (Å²) in [7, 11) is 0. The van der Waals surface area contributed by atoms with E-state index in [1.54, 1.807) is 30.6 Å². The number of nitrogens with zero attached hydrogens (tertiary/aromatic N) is 6. The highest BCUT2D eigenvalue weighted by atomic mass is 32.2. The highest BCUT2D eigenvalue weighted by Crippen LogP contribution is 2.36. The van der Waals surface area contributed by atoms with E-state index in [1.807, 2.05) is 34.9 Å². The van der Waals surface area contributed by atoms with Crippen molar-refractivity contribution in [2.75, 3.05) is 5.32 Å². The van der Waals surface area contributed by atoms with Crippen LogP contribution in [0.15, 0.2) is 91.5 Å². The Morgan fingerprint density at radius 2 is 1.58 bits per heavy atom. The third-order valence-electron chi connectivity index (χ3n) is 6.12. The predicted molar refractivity (Wildman–Crippen MR) is 141 cm³/mol. The molecule has 0 radical (unpaired) electrons. The second kappa shape index (κ2) is 9.17. The van der Waals surface area contributed by atoms with Crippen LogP contribution < -0.4 is 5.32 Å². The molecule has 0 aliphatic heterocycles. The van der Waals surface area contributed by atoms with Gasteiger partial charge in [0.05, 0.1) is 23.9 Å². The second-order valence-corrected chi connectivity index (χ2v) is 9.14. The summed E-state index contributed by atoms with van der Waals surface area (Å²) < 4.78 is 4.09. The van der Waals surface area contributed by atoms with E-state index in [-0.39, 0.29) is 11.3 Å². The van der Waals surface area contributed by atoms with E-state index in [2.05, 4.69) is 54.5 Å². The van der Waals surface area contributed by atoms with Gasteiger partial charge in [-0.1, -0.05) is 54.6 Å². The fraction of sp³-hybridized carbons (Fsp3) is 0.0741. The van der Waals surface area contributed by atoms with Gasteiger partial charge < -0.3 is 14.5 Å². The van der Waals surface area contributed by atoms with Crippen molar-refractivity contribution in [1.29, 1.82) is 5.26 Å². The number of nitriles is 1. The molecule has 0 aliphatic rings. The number of carbonyl (C=O) groups excluding carboxylic acids is 1. The minimum atomic E-state index is -0.270. The Morgan fingerprint density at radius 1 is 0.917 bits per heavy atom. The maximum absolute atomic E-state index is 12.7. The number of hydrogen-bond acceptors (Lipinski definition) is 6. The molecule has 1 atom stereocenters. The molecule has 0 spiro atoms. The van der Waals surface area contributed by atoms with Crippen molar-refractivity contribution >= 4 is 56.5 Å². The average Bonchev–Trinajstić information content (AvgIpc) is 3.48. The smallest absolute Gasteiger partial charge is 0.256 e. The number of fused-ring (bicyclic) bond motifs is 4. The molecule has 9 heteroatoms. The Balaban J connectivity index is 1.39. The fourth-order valence-corrected chi connectivity index (χ4v) is 5.23. The molecule has 3 aromatic heterocycles. The lowest BCUT2D eigenvalue weighted by atomic mass is 10.2. The molecular weight excluding hydrogens is 470 g/mol. The molecule has 1 amide bonds. The molecule has 0 bridgehead atoms. The van der Waals surface area contributed by atoms with Crippen molar-refractivity contribution < 1.29 is 4.79 Å². The third-order valence-corrected chi connectivity index (χ3v) is 6.85. The Morgan fingerprint density at radius 3 is 2.28 bits per heavy atom. The van der Waals surface area contributed by atoms with E-state index in [9.17, 15) is 10.1 Å². The maximum atomic E-state index is 12.7. The van der Waals surface area contributed by atoms with E-state index in [0.29, 0.717) is 29.1 Å². The van der Waals surface area contributed by atoms with Crippen LogP contribution in [-0.2, 0) is 6.54 Å². The largest absolute Gasteiger partial charge is 0.325 e. The van der Waals surface area contributed by atoms with Gasteiger partial charge in [0, 0.05) is 16.3 Å². The van der Waals surface area contributed by atoms with Gasteiger partial charge in [-0.25, -0.2) is 15.0 Å². The normalized spacial score (nSPS) is 12.1. The molecule has 174 valence electrons. The Kier molecular flexibility index (Phi) is 5.56. The first kappa shape index (κ1) is 21.8. The summed E-state index contributed by atoms with van der Waals surface area (Å²) in [5, 5.41) is 16.8. The van der Waals surface area contributed by atoms with Crippen LogP contribution in [0.2, 0.25) is 0 Å². The van der Waals surface area contributed by atoms with Gasteiger partial charge in [-0.05, 0) is 36.0 Å². The van der Waals surface area contributed by atoms with Crippen LogP contribution in [0, 0.1) is 10.7 Å². The third kappa shape index (κ3) is 3.74. The molecule has 3 heterocycles. The summed E-state index contributed by atoms with van der Waals surface area (Å²) in [5.41, 5.74) is 3.71. The van der Waals surface area contributed by atoms with Gasteiger partial charge >= 0.3 is 0 Å². The highest BCUT2D eigenvalue weighted by molar-refractivity contribution is 8.03. The first-order chi connectivity index (χ1) is 17.7. The lowest BCUT2D eigenvalue weighted by Crippen LogP contribution is -2.14. The lowest BCUT2D eigenvalue weighted by Gasteiger charge is -2.19. The Hall–Kier alpha value is -4.68. The number of anilines is 1. The van der Waals surface area contributed by atoms with E-state index < -0.39 is 0 Å². The monoisotopic (exact) mass is 489 g/mol. The molecule has 3 aromatic carbocycles. The summed E-state index contributed by atoms with van der Waals surface area (Å²) in [6, 6.07) is 25.4. The Labute approximate surface area is 210 Å². The van der Waals surface area contributed by atoms with E-state index in [4.69, 9.17) is 0 Å². The van der Waals surface area contributed by atoms with Crippen LogP contribution >= 0.6 is 11.8 Å². The number of carbonyl (C=O) groups is 1. The average molecular weight is 490 g/mol. The van der Waals surface area contributed by atoms with Gasteiger partial charge in [-0.2, -0.15) is 5.26 Å². The van der Waals surface area contributed by atoms with Crippen molar-refractivity contribution in [3.8, 4) is 5.40 Å². The minimum Gasteiger partial charge on any atom is -0.325 e. The fourth-order valence-electron chi connectivity index (χ4n) is 4.54. The van der Waals surface area contributed by atoms with Gasteiger partial charge in [0.15, 0.2) is 17.0 Å². The first-order valence-electron chi connectivity index (χ1n) is 11.3. The molecule has 1 unspecified atom stereocenters. The zero-order valence-electron chi connectivity index (χ0n) is 18.9. The van der Waals surface area contributed by atoms with Crippen LogP contribution in [0.3, 0.4) is 0 Å².